The van der Waals surface area contributed by atoms with E-state index in [1.807, 2.05) is 0 Å². The number of aliphatic hydroxyl groups is 2. The van der Waals surface area contributed by atoms with Crippen molar-refractivity contribution in [2.75, 3.05) is 95.5 Å². The van der Waals surface area contributed by atoms with E-state index in [9.17, 15) is 97.1 Å². The quantitative estimate of drug-likeness (QED) is 0.0348. The summed E-state index contributed by atoms with van der Waals surface area (Å²) in [4.78, 5) is 281. The standard InChI is InChI=1S/C82H117N21O23S2/c1-42(2)67-79(123)93-56(31-66(112)113)72(116)87-35-61(106)90-54(29-46-32-85-51-15-10-8-13-49(46)51)74(118)98-68(43(3)4)81(125)103-24-12-17-60(103)78(122)95-58(70(84)114)38-127-27-21-63(108)101-25-26-102-41-82(126,40-101)88-34-57(76(120)92-55(75(119)97-67)30-47-33-86-52-16-11-9-14-50(47)52)94-73(117)53(18-19-65(110)111)91-80(124)69(45(6)104)99-77(121)59(39-128-28-22-64(102)109)96-71(115)44(5)89-62(107)37-100(7)36-48(105)20-23-83/h8-11,13-16,32-33,42-45,53-60,67-69,85-86,88,104,126H,12,17-31,34-41,83H2,1-7H3,(H2,84,114)(H,87,116)(H,89,107)(H,90,106)(H,91,124)(H,92,120)(H,93,123)(H,94,117)(H,95,122)(H,96,115)(H,97,119)(H,98,118)(H,99,121)(H,110,111)(H,112,113)/t44-,45+,53-,54-,55-,56-,57-,58-,59-,60-,67-,68-,69-,82?/m0/s1. The summed E-state index contributed by atoms with van der Waals surface area (Å²) in [6.07, 6.45) is -2.50. The second-order valence-corrected chi connectivity index (χ2v) is 35.2. The number of benzene rings is 2. The van der Waals surface area contributed by atoms with Crippen LogP contribution in [0.2, 0.25) is 0 Å². The van der Waals surface area contributed by atoms with Crippen LogP contribution in [0.1, 0.15) is 104 Å². The number of ketones is 1. The minimum atomic E-state index is -2.51. The number of nitrogens with one attached hydrogen (secondary N) is 15. The van der Waals surface area contributed by atoms with Crippen LogP contribution in [0.3, 0.4) is 0 Å². The Morgan fingerprint density at radius 2 is 1.13 bits per heavy atom. The number of aliphatic carboxylic acids is 2. The van der Waals surface area contributed by atoms with E-state index >= 15 is 14.4 Å². The Labute approximate surface area is 745 Å². The number of H-pyrrole nitrogens is 2. The van der Waals surface area contributed by atoms with E-state index in [1.165, 1.54) is 53.6 Å². The number of aromatic nitrogens is 2. The second-order valence-electron chi connectivity index (χ2n) is 32.9. The van der Waals surface area contributed by atoms with Crippen molar-refractivity contribution in [2.24, 2.45) is 23.3 Å². The number of Topliss-reactive ketones (excluding diaryl/α,β-unsaturated/α-hetero) is 1. The van der Waals surface area contributed by atoms with Gasteiger partial charge in [-0.2, -0.15) is 23.5 Å². The lowest BCUT2D eigenvalue weighted by Gasteiger charge is -2.35. The molecule has 16 amide bonds. The molecule has 4 saturated heterocycles. The molecule has 0 spiro atoms. The first-order chi connectivity index (χ1) is 60.6. The molecule has 44 nitrogen and oxygen atoms in total. The van der Waals surface area contributed by atoms with E-state index in [0.29, 0.717) is 39.4 Å². The van der Waals surface area contributed by atoms with Gasteiger partial charge in [0.05, 0.1) is 45.2 Å². The third-order valence-corrected chi connectivity index (χ3v) is 24.1. The maximum Gasteiger partial charge on any atom is 0.305 e. The fourth-order valence-corrected chi connectivity index (χ4v) is 16.9. The molecule has 4 aliphatic rings. The number of rotatable bonds is 22. The summed E-state index contributed by atoms with van der Waals surface area (Å²) in [6, 6.07) is -6.47. The minimum absolute atomic E-state index is 0.0210. The Morgan fingerprint density at radius 3 is 1.70 bits per heavy atom. The van der Waals surface area contributed by atoms with Crippen molar-refractivity contribution in [1.82, 2.24) is 98.7 Å². The van der Waals surface area contributed by atoms with Crippen LogP contribution in [-0.2, 0) is 104 Å². The molecule has 0 radical (unpaired) electrons. The fourth-order valence-electron chi connectivity index (χ4n) is 15.0. The third-order valence-electron chi connectivity index (χ3n) is 21.9. The lowest BCUT2D eigenvalue weighted by atomic mass is 9.99. The lowest BCUT2D eigenvalue weighted by molar-refractivity contribution is -0.143. The molecule has 0 aliphatic carbocycles. The molecule has 23 N–H and O–H groups in total. The van der Waals surface area contributed by atoms with Gasteiger partial charge in [-0.05, 0) is 81.8 Å². The Hall–Kier alpha value is -11.9. The van der Waals surface area contributed by atoms with E-state index in [0.717, 1.165) is 30.4 Å². The van der Waals surface area contributed by atoms with Crippen molar-refractivity contribution in [3.63, 3.8) is 0 Å². The molecular weight excluding hydrogens is 1710 g/mol. The first-order valence-corrected chi connectivity index (χ1v) is 44.4. The van der Waals surface area contributed by atoms with Crippen LogP contribution in [0.5, 0.6) is 0 Å². The van der Waals surface area contributed by atoms with Crippen LogP contribution < -0.4 is 80.6 Å². The van der Waals surface area contributed by atoms with Gasteiger partial charge in [0.15, 0.2) is 5.72 Å². The molecule has 6 heterocycles. The Balaban J connectivity index is 1.18. The number of carbonyl (C=O) groups is 19. The van der Waals surface area contributed by atoms with Crippen LogP contribution >= 0.6 is 23.5 Å². The van der Waals surface area contributed by atoms with Gasteiger partial charge in [-0.3, -0.25) is 101 Å². The molecule has 4 fully saturated rings. The van der Waals surface area contributed by atoms with E-state index in [-0.39, 0.29) is 100 Å². The number of carbonyl (C=O) groups excluding carboxylic acids is 17. The topological polar surface area (TPSA) is 658 Å². The van der Waals surface area contributed by atoms with E-state index < -0.39 is 254 Å². The number of hydrogen-bond donors (Lipinski definition) is 21. The number of para-hydroxylation sites is 2. The summed E-state index contributed by atoms with van der Waals surface area (Å²) in [5.74, 6) is -22.0. The van der Waals surface area contributed by atoms with Crippen LogP contribution in [0.4, 0.5) is 0 Å². The monoisotopic (exact) mass is 1830 g/mol. The maximum atomic E-state index is 15.7. The number of fused-ring (bicyclic) bond motifs is 7. The number of carboxylic acids is 2. The molecule has 1 unspecified atom stereocenters. The maximum absolute atomic E-state index is 15.7. The first-order valence-electron chi connectivity index (χ1n) is 42.1. The van der Waals surface area contributed by atoms with Gasteiger partial charge >= 0.3 is 11.9 Å². The normalized spacial score (nSPS) is 25.4. The molecule has 4 aromatic rings. The number of likely N-dealkylation sites (N-methyl/N-ethyl adjacent to an activating group) is 1. The van der Waals surface area contributed by atoms with Gasteiger partial charge in [0, 0.05) is 122 Å². The first kappa shape index (κ1) is 102. The zero-order chi connectivity index (χ0) is 94.0. The molecule has 46 heteroatoms. The fraction of sp³-hybridized carbons (Fsp3) is 0.573. The number of thioether (sulfide) groups is 2. The van der Waals surface area contributed by atoms with Crippen LogP contribution in [0.25, 0.3) is 21.8 Å². The van der Waals surface area contributed by atoms with Gasteiger partial charge in [0.2, 0.25) is 94.5 Å². The smallest absolute Gasteiger partial charge is 0.305 e. The van der Waals surface area contributed by atoms with E-state index in [4.69, 9.17) is 11.5 Å². The molecule has 2 aromatic carbocycles. The van der Waals surface area contributed by atoms with Gasteiger partial charge in [0.25, 0.3) is 0 Å². The predicted molar refractivity (Wildman–Crippen MR) is 465 cm³/mol. The SMILES string of the molecule is CC(C)[C@@H]1NC(=O)[C@H](Cc2c[nH]c3ccccc23)NC(=O)[C@@H]2CNC3(O)CN(CCN(C3)C(=O)CCSC[C@H](NC(=O)[C@H](C)NC(=O)CN(C)CC(=O)CCN)C(=O)N[C@@H]([C@@H](C)O)C(=O)N[C@@H](CCC(=O)O)C(=O)N2)C(=O)CCSC[C@@H](C(N)=O)NC(=O)[C@@H]2CCCN2C(=O)[C@H](C(C)C)NC(=O)[C@H](Cc2c[nH]c3ccccc23)NC(=O)CNC(=O)[C@H](CC(=O)O)NC1=O. The third kappa shape index (κ3) is 29.6. The van der Waals surface area contributed by atoms with E-state index in [2.05, 4.69) is 79.1 Å². The highest BCUT2D eigenvalue weighted by molar-refractivity contribution is 7.99. The summed E-state index contributed by atoms with van der Waals surface area (Å²) in [7, 11) is 1.48. The van der Waals surface area contributed by atoms with Gasteiger partial charge in [-0.1, -0.05) is 64.1 Å². The van der Waals surface area contributed by atoms with Crippen molar-refractivity contribution in [3.05, 3.63) is 72.1 Å². The summed E-state index contributed by atoms with van der Waals surface area (Å²) >= 11 is 1.93. The minimum Gasteiger partial charge on any atom is -0.481 e. The molecule has 2 aromatic heterocycles. The Morgan fingerprint density at radius 1 is 0.594 bits per heavy atom. The van der Waals surface area contributed by atoms with Gasteiger partial charge in [-0.25, -0.2) is 0 Å². The number of carboxylic acid groups (broad SMARTS) is 2. The summed E-state index contributed by atoms with van der Waals surface area (Å²) in [5, 5.41) is 78.6. The second kappa shape index (κ2) is 47.8. The largest absolute Gasteiger partial charge is 0.481 e. The predicted octanol–water partition coefficient (Wildman–Crippen LogP) is -6.52. The van der Waals surface area contributed by atoms with Crippen LogP contribution in [0, 0.1) is 11.8 Å². The zero-order valence-corrected chi connectivity index (χ0v) is 73.8. The average molecular weight is 1830 g/mol. The number of nitrogens with two attached hydrogens (primary N) is 2. The molecule has 4 aliphatic heterocycles. The lowest BCUT2D eigenvalue weighted by Crippen LogP contribution is -2.65. The number of amides is 16. The molecule has 128 heavy (non-hydrogen) atoms. The van der Waals surface area contributed by atoms with Crippen molar-refractivity contribution in [2.45, 2.75) is 190 Å². The molecule has 8 rings (SSSR count). The molecule has 700 valence electrons. The van der Waals surface area contributed by atoms with Gasteiger partial charge in [0.1, 0.15) is 78.3 Å². The number of nitrogens with zero attached hydrogens (tertiary/aromatic N) is 4. The Kier molecular flexibility index (Phi) is 37.9. The van der Waals surface area contributed by atoms with Crippen molar-refractivity contribution < 1.29 is 112 Å². The summed E-state index contributed by atoms with van der Waals surface area (Å²) < 4.78 is 0. The Bertz CT molecular complexity index is 4740. The van der Waals surface area contributed by atoms with E-state index in [1.54, 1.807) is 68.6 Å². The molecule has 4 bridgehead atoms. The van der Waals surface area contributed by atoms with Crippen LogP contribution in [0.15, 0.2) is 60.9 Å². The highest BCUT2D eigenvalue weighted by atomic mass is 32.2. The zero-order valence-electron chi connectivity index (χ0n) is 72.2. The van der Waals surface area contributed by atoms with Crippen molar-refractivity contribution >= 4 is 158 Å². The average Bonchev–Trinajstić information content (AvgIpc) is 1.65. The number of aromatic amines is 2. The van der Waals surface area contributed by atoms with Crippen LogP contribution in [-0.4, -0.2) is 342 Å². The number of hydrogen-bond acceptors (Lipinski definition) is 26. The summed E-state index contributed by atoms with van der Waals surface area (Å²) in [6.45, 7) is 4.27. The number of aliphatic hydroxyl groups excluding tert-OH is 1. The number of primary amides is 1. The molecule has 0 saturated carbocycles. The molecular formula is C82H117N21O23S2. The summed E-state index contributed by atoms with van der Waals surface area (Å²) in [5.41, 5.74) is 11.0. The highest BCUT2D eigenvalue weighted by Gasteiger charge is 2.45. The highest BCUT2D eigenvalue weighted by Crippen LogP contribution is 2.26. The van der Waals surface area contributed by atoms with Crippen molar-refractivity contribution in [3.8, 4) is 0 Å². The van der Waals surface area contributed by atoms with Gasteiger partial charge < -0.3 is 120 Å². The molecule has 14 atom stereocenters. The van der Waals surface area contributed by atoms with Gasteiger partial charge in [-0.15, -0.1) is 0 Å². The van der Waals surface area contributed by atoms with Crippen molar-refractivity contribution in [1.29, 1.82) is 0 Å².